The predicted octanol–water partition coefficient (Wildman–Crippen LogP) is 5.29. The van der Waals surface area contributed by atoms with Crippen LogP contribution in [0.2, 0.25) is 0 Å². The predicted molar refractivity (Wildman–Crippen MR) is 152 cm³/mol. The highest BCUT2D eigenvalue weighted by Crippen LogP contribution is 2.40. The number of halogens is 3. The number of aliphatic carboxylic acids is 1. The summed E-state index contributed by atoms with van der Waals surface area (Å²) in [7, 11) is -4.60. The van der Waals surface area contributed by atoms with Gasteiger partial charge in [0.2, 0.25) is 10.0 Å². The minimum Gasteiger partial charge on any atom is -0.490 e. The third kappa shape index (κ3) is 9.64. The van der Waals surface area contributed by atoms with Crippen molar-refractivity contribution in [2.24, 2.45) is 0 Å². The Labute approximate surface area is 248 Å². The molecule has 1 fully saturated rings. The first-order valence-corrected chi connectivity index (χ1v) is 14.8. The van der Waals surface area contributed by atoms with Crippen LogP contribution in [0.25, 0.3) is 6.08 Å². The lowest BCUT2D eigenvalue weighted by Crippen LogP contribution is -2.44. The fraction of sp³-hybridized carbons (Fsp3) is 0.414. The molecular formula is C29H32F3N3O7S. The number of hydrogen-bond donors (Lipinski definition) is 1. The van der Waals surface area contributed by atoms with Crippen LogP contribution in [-0.4, -0.2) is 67.6 Å². The number of nitrogens with zero attached hydrogens (tertiary/aromatic N) is 3. The van der Waals surface area contributed by atoms with Gasteiger partial charge in [-0.3, -0.25) is 9.10 Å². The van der Waals surface area contributed by atoms with Gasteiger partial charge < -0.3 is 19.5 Å². The van der Waals surface area contributed by atoms with E-state index >= 15 is 0 Å². The van der Waals surface area contributed by atoms with E-state index in [-0.39, 0.29) is 25.9 Å². The standard InChI is InChI=1S/C29H32F3N3O7S/c1-28(2,3)42-27(38)34-14-11-23(12-15-34)41-25-10-9-22(17-24(25)29(30,31)32)35(43(39,40)19-26(36)37)13-5-8-20-6-4-7-21(16-20)18-33/h4-10,16-17,23H,11-15,19H2,1-3H3,(H,36,37). The van der Waals surface area contributed by atoms with Gasteiger partial charge >= 0.3 is 18.2 Å². The Morgan fingerprint density at radius 1 is 1.14 bits per heavy atom. The lowest BCUT2D eigenvalue weighted by Gasteiger charge is -2.34. The molecule has 3 rings (SSSR count). The Balaban J connectivity index is 1.86. The van der Waals surface area contributed by atoms with Gasteiger partial charge in [0.05, 0.1) is 29.4 Å². The van der Waals surface area contributed by atoms with Crippen molar-refractivity contribution >= 4 is 33.8 Å². The summed E-state index contributed by atoms with van der Waals surface area (Å²) in [5.41, 5.74) is -1.46. The quantitative estimate of drug-likeness (QED) is 0.398. The Kier molecular flexibility index (Phi) is 10.3. The molecule has 0 bridgehead atoms. The summed E-state index contributed by atoms with van der Waals surface area (Å²) >= 11 is 0. The summed E-state index contributed by atoms with van der Waals surface area (Å²) in [6.45, 7) is 5.12. The van der Waals surface area contributed by atoms with Crippen LogP contribution in [-0.2, 0) is 25.7 Å². The second-order valence-electron chi connectivity index (χ2n) is 10.8. The Bertz CT molecular complexity index is 1500. The molecule has 232 valence electrons. The molecule has 2 aromatic carbocycles. The van der Waals surface area contributed by atoms with Crippen molar-refractivity contribution in [1.29, 1.82) is 5.26 Å². The number of likely N-dealkylation sites (tertiary alicyclic amines) is 1. The van der Waals surface area contributed by atoms with E-state index in [4.69, 9.17) is 19.8 Å². The normalized spacial score (nSPS) is 14.8. The average Bonchev–Trinajstić information content (AvgIpc) is 2.89. The molecule has 1 saturated heterocycles. The van der Waals surface area contributed by atoms with Crippen LogP contribution in [0.3, 0.4) is 0 Å². The highest BCUT2D eigenvalue weighted by atomic mass is 32.2. The van der Waals surface area contributed by atoms with E-state index in [2.05, 4.69) is 0 Å². The number of nitriles is 1. The Hall–Kier alpha value is -4.25. The molecule has 43 heavy (non-hydrogen) atoms. The number of ether oxygens (including phenoxy) is 2. The molecule has 14 heteroatoms. The SMILES string of the molecule is CC(C)(C)OC(=O)N1CCC(Oc2ccc(N(CC=Cc3cccc(C#N)c3)S(=O)(=O)CC(=O)O)cc2C(F)(F)F)CC1. The van der Waals surface area contributed by atoms with Crippen molar-refractivity contribution < 1.29 is 45.8 Å². The molecule has 0 unspecified atom stereocenters. The van der Waals surface area contributed by atoms with Gasteiger partial charge in [-0.2, -0.15) is 18.4 Å². The molecule has 0 aliphatic carbocycles. The summed E-state index contributed by atoms with van der Waals surface area (Å²) in [5, 5.41) is 18.2. The van der Waals surface area contributed by atoms with Crippen molar-refractivity contribution in [3.63, 3.8) is 0 Å². The third-order valence-electron chi connectivity index (χ3n) is 6.18. The van der Waals surface area contributed by atoms with Crippen LogP contribution in [0, 0.1) is 11.3 Å². The van der Waals surface area contributed by atoms with Crippen molar-refractivity contribution in [1.82, 2.24) is 4.90 Å². The van der Waals surface area contributed by atoms with Gasteiger partial charge in [-0.05, 0) is 56.7 Å². The van der Waals surface area contributed by atoms with E-state index in [1.54, 1.807) is 39.0 Å². The number of piperidine rings is 1. The van der Waals surface area contributed by atoms with E-state index in [0.29, 0.717) is 21.5 Å². The highest BCUT2D eigenvalue weighted by molar-refractivity contribution is 7.93. The lowest BCUT2D eigenvalue weighted by atomic mass is 10.1. The number of alkyl halides is 3. The van der Waals surface area contributed by atoms with E-state index in [1.165, 1.54) is 23.1 Å². The lowest BCUT2D eigenvalue weighted by molar-refractivity contribution is -0.139. The minimum atomic E-state index is -4.93. The smallest absolute Gasteiger partial charge is 0.420 e. The first-order chi connectivity index (χ1) is 20.0. The number of sulfonamides is 1. The van der Waals surface area contributed by atoms with E-state index in [1.807, 2.05) is 6.07 Å². The van der Waals surface area contributed by atoms with Gasteiger partial charge in [-0.25, -0.2) is 13.2 Å². The molecule has 1 N–H and O–H groups in total. The number of amides is 1. The molecule has 0 atom stereocenters. The van der Waals surface area contributed by atoms with E-state index in [9.17, 15) is 31.2 Å². The van der Waals surface area contributed by atoms with Crippen LogP contribution in [0.4, 0.5) is 23.7 Å². The fourth-order valence-electron chi connectivity index (χ4n) is 4.27. The van der Waals surface area contributed by atoms with Crippen LogP contribution >= 0.6 is 0 Å². The third-order valence-corrected chi connectivity index (χ3v) is 7.83. The minimum absolute atomic E-state index is 0.212. The first-order valence-electron chi connectivity index (χ1n) is 13.2. The zero-order chi connectivity index (χ0) is 32.0. The number of anilines is 1. The largest absolute Gasteiger partial charge is 0.490 e. The average molecular weight is 624 g/mol. The van der Waals surface area contributed by atoms with E-state index in [0.717, 1.165) is 12.1 Å². The maximum atomic E-state index is 14.2. The van der Waals surface area contributed by atoms with Crippen molar-refractivity contribution in [2.45, 2.75) is 51.5 Å². The molecule has 0 radical (unpaired) electrons. The second kappa shape index (κ2) is 13.4. The Morgan fingerprint density at radius 3 is 2.40 bits per heavy atom. The topological polar surface area (TPSA) is 137 Å². The van der Waals surface area contributed by atoms with Gasteiger partial charge in [-0.1, -0.05) is 24.3 Å². The molecular weight excluding hydrogens is 591 g/mol. The molecule has 0 saturated carbocycles. The molecule has 1 aliphatic rings. The zero-order valence-corrected chi connectivity index (χ0v) is 24.6. The molecule has 0 spiro atoms. The highest BCUT2D eigenvalue weighted by Gasteiger charge is 2.37. The van der Waals surface area contributed by atoms with Gasteiger partial charge in [0.15, 0.2) is 5.75 Å². The number of carbonyl (C=O) groups is 2. The second-order valence-corrected chi connectivity index (χ2v) is 12.7. The maximum Gasteiger partial charge on any atom is 0.420 e. The monoisotopic (exact) mass is 623 g/mol. The van der Waals surface area contributed by atoms with Crippen molar-refractivity contribution in [2.75, 3.05) is 29.7 Å². The van der Waals surface area contributed by atoms with Crippen molar-refractivity contribution in [3.05, 3.63) is 65.2 Å². The van der Waals surface area contributed by atoms with E-state index < -0.39 is 69.3 Å². The maximum absolute atomic E-state index is 14.2. The molecule has 1 amide bonds. The molecule has 1 aliphatic heterocycles. The van der Waals surface area contributed by atoms with Crippen LogP contribution in [0.1, 0.15) is 50.3 Å². The molecule has 0 aromatic heterocycles. The summed E-state index contributed by atoms with van der Waals surface area (Å²) in [6, 6.07) is 11.0. The number of hydrogen-bond acceptors (Lipinski definition) is 7. The molecule has 1 heterocycles. The van der Waals surface area contributed by atoms with Gasteiger partial charge in [0, 0.05) is 25.9 Å². The van der Waals surface area contributed by atoms with Gasteiger partial charge in [0.25, 0.3) is 0 Å². The number of rotatable bonds is 9. The van der Waals surface area contributed by atoms with Gasteiger partial charge in [-0.15, -0.1) is 0 Å². The zero-order valence-electron chi connectivity index (χ0n) is 23.8. The summed E-state index contributed by atoms with van der Waals surface area (Å²) in [6.07, 6.45) is -2.81. The first kappa shape index (κ1) is 33.3. The van der Waals surface area contributed by atoms with Crippen LogP contribution in [0.15, 0.2) is 48.5 Å². The number of carboxylic acid groups (broad SMARTS) is 1. The number of carboxylic acids is 1. The van der Waals surface area contributed by atoms with Gasteiger partial charge in [0.1, 0.15) is 17.5 Å². The summed E-state index contributed by atoms with van der Waals surface area (Å²) in [5.74, 6) is -3.54. The fourth-order valence-corrected chi connectivity index (χ4v) is 5.49. The number of carbonyl (C=O) groups excluding carboxylic acids is 1. The van der Waals surface area contributed by atoms with Crippen LogP contribution < -0.4 is 9.04 Å². The van der Waals surface area contributed by atoms with Crippen LogP contribution in [0.5, 0.6) is 5.75 Å². The summed E-state index contributed by atoms with van der Waals surface area (Å²) in [4.78, 5) is 25.0. The number of benzene rings is 2. The molecule has 2 aromatic rings. The molecule has 10 nitrogen and oxygen atoms in total. The van der Waals surface area contributed by atoms with Crippen molar-refractivity contribution in [3.8, 4) is 11.8 Å². The summed E-state index contributed by atoms with van der Waals surface area (Å²) < 4.78 is 80.0. The Morgan fingerprint density at radius 2 is 1.81 bits per heavy atom.